The predicted molar refractivity (Wildman–Crippen MR) is 80.7 cm³/mol. The highest BCUT2D eigenvalue weighted by molar-refractivity contribution is 6.42. The zero-order valence-electron chi connectivity index (χ0n) is 10.6. The fourth-order valence-corrected chi connectivity index (χ4v) is 2.02. The zero-order valence-corrected chi connectivity index (χ0v) is 12.2. The minimum atomic E-state index is -1.24. The summed E-state index contributed by atoms with van der Waals surface area (Å²) in [5.74, 6) is -1.24. The molecule has 0 atom stereocenters. The van der Waals surface area contributed by atoms with Crippen molar-refractivity contribution in [2.75, 3.05) is 0 Å². The Morgan fingerprint density at radius 1 is 1.05 bits per heavy atom. The third kappa shape index (κ3) is 3.63. The van der Waals surface area contributed by atoms with E-state index in [9.17, 15) is 15.2 Å². The van der Waals surface area contributed by atoms with Gasteiger partial charge in [-0.2, -0.15) is 5.26 Å². The van der Waals surface area contributed by atoms with Gasteiger partial charge in [-0.15, -0.1) is 0 Å². The van der Waals surface area contributed by atoms with E-state index < -0.39 is 5.97 Å². The summed E-state index contributed by atoms with van der Waals surface area (Å²) in [7, 11) is 0. The molecule has 0 aliphatic heterocycles. The second kappa shape index (κ2) is 6.45. The summed E-state index contributed by atoms with van der Waals surface area (Å²) < 4.78 is 0. The van der Waals surface area contributed by atoms with Crippen LogP contribution in [0.15, 0.2) is 42.5 Å². The normalized spacial score (nSPS) is 11.0. The van der Waals surface area contributed by atoms with E-state index in [1.807, 2.05) is 0 Å². The number of allylic oxidation sites excluding steroid dienone is 1. The SMILES string of the molecule is N#C/C(=C\c1ccc(C(=O)[O-])cc1)c1ccc(Cl)c(Cl)c1. The fourth-order valence-electron chi connectivity index (χ4n) is 1.73. The predicted octanol–water partition coefficient (Wildman–Crippen LogP) is 3.42. The molecule has 0 saturated heterocycles. The Hall–Kier alpha value is -2.28. The summed E-state index contributed by atoms with van der Waals surface area (Å²) in [5.41, 5.74) is 1.81. The average molecular weight is 317 g/mol. The van der Waals surface area contributed by atoms with Crippen LogP contribution < -0.4 is 5.11 Å². The van der Waals surface area contributed by atoms with Crippen LogP contribution in [0.1, 0.15) is 21.5 Å². The molecule has 0 heterocycles. The van der Waals surface area contributed by atoms with Gasteiger partial charge in [0, 0.05) is 0 Å². The summed E-state index contributed by atoms with van der Waals surface area (Å²) in [6, 6.07) is 13.0. The zero-order chi connectivity index (χ0) is 15.4. The molecular weight excluding hydrogens is 309 g/mol. The average Bonchev–Trinajstić information content (AvgIpc) is 2.48. The number of aromatic carboxylic acids is 1. The van der Waals surface area contributed by atoms with Crippen LogP contribution in [-0.4, -0.2) is 5.97 Å². The van der Waals surface area contributed by atoms with Gasteiger partial charge in [-0.25, -0.2) is 0 Å². The quantitative estimate of drug-likeness (QED) is 0.643. The molecule has 0 N–H and O–H groups in total. The monoisotopic (exact) mass is 316 g/mol. The number of nitrogens with zero attached hydrogens (tertiary/aromatic N) is 1. The number of carbonyl (C=O) groups is 1. The molecule has 0 unspecified atom stereocenters. The van der Waals surface area contributed by atoms with Gasteiger partial charge < -0.3 is 9.90 Å². The van der Waals surface area contributed by atoms with Crippen molar-refractivity contribution in [3.8, 4) is 6.07 Å². The van der Waals surface area contributed by atoms with Crippen LogP contribution in [0.25, 0.3) is 11.6 Å². The number of hydrogen-bond acceptors (Lipinski definition) is 3. The molecular formula is C16H8Cl2NO2-. The molecule has 0 radical (unpaired) electrons. The molecule has 0 amide bonds. The first-order chi connectivity index (χ1) is 10.0. The van der Waals surface area contributed by atoms with E-state index in [2.05, 4.69) is 6.07 Å². The smallest absolute Gasteiger partial charge is 0.0998 e. The number of carboxylic acids is 1. The number of carboxylic acid groups (broad SMARTS) is 1. The molecule has 21 heavy (non-hydrogen) atoms. The Kier molecular flexibility index (Phi) is 4.64. The van der Waals surface area contributed by atoms with Gasteiger partial charge in [0.05, 0.1) is 27.7 Å². The number of benzene rings is 2. The van der Waals surface area contributed by atoms with Gasteiger partial charge in [-0.1, -0.05) is 53.5 Å². The van der Waals surface area contributed by atoms with E-state index in [0.717, 1.165) is 0 Å². The van der Waals surface area contributed by atoms with Gasteiger partial charge in [0.15, 0.2) is 0 Å². The fraction of sp³-hybridized carbons (Fsp3) is 0. The number of rotatable bonds is 3. The number of nitriles is 1. The van der Waals surface area contributed by atoms with E-state index in [1.165, 1.54) is 12.1 Å². The number of halogens is 2. The van der Waals surface area contributed by atoms with Crippen LogP contribution in [0, 0.1) is 11.3 Å². The van der Waals surface area contributed by atoms with Crippen molar-refractivity contribution in [3.05, 3.63) is 69.2 Å². The minimum absolute atomic E-state index is 0.0835. The summed E-state index contributed by atoms with van der Waals surface area (Å²) in [4.78, 5) is 10.7. The molecule has 0 aromatic heterocycles. The first-order valence-electron chi connectivity index (χ1n) is 5.90. The Morgan fingerprint density at radius 3 is 2.19 bits per heavy atom. The first-order valence-corrected chi connectivity index (χ1v) is 6.65. The second-order valence-corrected chi connectivity index (χ2v) is 5.02. The Bertz CT molecular complexity index is 759. The van der Waals surface area contributed by atoms with E-state index >= 15 is 0 Å². The van der Waals surface area contributed by atoms with Gasteiger partial charge in [-0.3, -0.25) is 0 Å². The van der Waals surface area contributed by atoms with Gasteiger partial charge in [-0.05, 0) is 34.9 Å². The summed E-state index contributed by atoms with van der Waals surface area (Å²) in [6.07, 6.45) is 1.64. The Labute approximate surface area is 131 Å². The van der Waals surface area contributed by atoms with Gasteiger partial charge in [0.25, 0.3) is 0 Å². The summed E-state index contributed by atoms with van der Waals surface area (Å²) in [5, 5.41) is 20.7. The topological polar surface area (TPSA) is 63.9 Å². The highest BCUT2D eigenvalue weighted by Crippen LogP contribution is 2.27. The maximum atomic E-state index is 10.7. The van der Waals surface area contributed by atoms with Crippen LogP contribution in [0.2, 0.25) is 10.0 Å². The number of hydrogen-bond donors (Lipinski definition) is 0. The molecule has 5 heteroatoms. The van der Waals surface area contributed by atoms with Gasteiger partial charge in [0.2, 0.25) is 0 Å². The maximum Gasteiger partial charge on any atom is 0.0998 e. The van der Waals surface area contributed by atoms with Gasteiger partial charge >= 0.3 is 0 Å². The molecule has 0 aliphatic rings. The molecule has 0 bridgehead atoms. The standard InChI is InChI=1S/C16H9Cl2NO2/c17-14-6-5-12(8-15(14)18)13(9-19)7-10-1-3-11(4-2-10)16(20)21/h1-8H,(H,20,21)/p-1/b13-7+. The first kappa shape index (κ1) is 15.1. The van der Waals surface area contributed by atoms with Crippen LogP contribution in [0.5, 0.6) is 0 Å². The Morgan fingerprint density at radius 2 is 1.67 bits per heavy atom. The molecule has 0 aliphatic carbocycles. The van der Waals surface area contributed by atoms with E-state index in [1.54, 1.807) is 36.4 Å². The molecule has 0 fully saturated rings. The van der Waals surface area contributed by atoms with Crippen molar-refractivity contribution in [3.63, 3.8) is 0 Å². The van der Waals surface area contributed by atoms with Crippen molar-refractivity contribution < 1.29 is 9.90 Å². The van der Waals surface area contributed by atoms with Crippen molar-refractivity contribution in [2.45, 2.75) is 0 Å². The van der Waals surface area contributed by atoms with Crippen LogP contribution >= 0.6 is 23.2 Å². The molecule has 2 rings (SSSR count). The van der Waals surface area contributed by atoms with E-state index in [-0.39, 0.29) is 5.56 Å². The molecule has 0 saturated carbocycles. The second-order valence-electron chi connectivity index (χ2n) is 4.21. The van der Waals surface area contributed by atoms with Crippen LogP contribution in [-0.2, 0) is 0 Å². The van der Waals surface area contributed by atoms with Crippen LogP contribution in [0.3, 0.4) is 0 Å². The molecule has 2 aromatic rings. The van der Waals surface area contributed by atoms with Crippen LogP contribution in [0.4, 0.5) is 0 Å². The minimum Gasteiger partial charge on any atom is -0.545 e. The van der Waals surface area contributed by atoms with Crippen molar-refractivity contribution in [2.24, 2.45) is 0 Å². The lowest BCUT2D eigenvalue weighted by atomic mass is 10.0. The van der Waals surface area contributed by atoms with E-state index in [0.29, 0.717) is 26.7 Å². The lowest BCUT2D eigenvalue weighted by molar-refractivity contribution is -0.255. The maximum absolute atomic E-state index is 10.7. The molecule has 0 spiro atoms. The summed E-state index contributed by atoms with van der Waals surface area (Å²) in [6.45, 7) is 0. The number of carbonyl (C=O) groups excluding carboxylic acids is 1. The highest BCUT2D eigenvalue weighted by atomic mass is 35.5. The van der Waals surface area contributed by atoms with Crippen molar-refractivity contribution in [1.29, 1.82) is 5.26 Å². The third-order valence-corrected chi connectivity index (χ3v) is 3.55. The lowest BCUT2D eigenvalue weighted by Gasteiger charge is -2.04. The van der Waals surface area contributed by atoms with E-state index in [4.69, 9.17) is 23.2 Å². The van der Waals surface area contributed by atoms with Crippen molar-refractivity contribution >= 4 is 40.8 Å². The lowest BCUT2D eigenvalue weighted by Crippen LogP contribution is -2.21. The largest absolute Gasteiger partial charge is 0.545 e. The summed E-state index contributed by atoms with van der Waals surface area (Å²) >= 11 is 11.8. The highest BCUT2D eigenvalue weighted by Gasteiger charge is 2.05. The van der Waals surface area contributed by atoms with Crippen molar-refractivity contribution in [1.82, 2.24) is 0 Å². The molecule has 2 aromatic carbocycles. The Balaban J connectivity index is 2.38. The third-order valence-electron chi connectivity index (χ3n) is 2.81. The molecule has 3 nitrogen and oxygen atoms in total. The molecule has 104 valence electrons. The van der Waals surface area contributed by atoms with Gasteiger partial charge in [0.1, 0.15) is 0 Å².